The summed E-state index contributed by atoms with van der Waals surface area (Å²) in [6.45, 7) is 18.8. The molecule has 2 heteroatoms. The van der Waals surface area contributed by atoms with Gasteiger partial charge in [0, 0.05) is 22.3 Å². The lowest BCUT2D eigenvalue weighted by molar-refractivity contribution is 0.589. The molecule has 0 N–H and O–H groups in total. The lowest BCUT2D eigenvalue weighted by atomic mass is 9.37. The van der Waals surface area contributed by atoms with Crippen molar-refractivity contribution >= 4 is 34.0 Å². The number of hydrogen-bond acceptors (Lipinski definition) is 0. The molecule has 1 nitrogen and oxygen atoms in total. The molecule has 0 unspecified atom stereocenters. The number of benzene rings is 3. The second-order valence-electron chi connectivity index (χ2n) is 12.0. The smallest absolute Gasteiger partial charge is 0.248 e. The molecule has 0 amide bonds. The fourth-order valence-electron chi connectivity index (χ4n) is 5.95. The number of para-hydroxylation sites is 1. The van der Waals surface area contributed by atoms with Crippen LogP contribution in [0.3, 0.4) is 0 Å². The summed E-state index contributed by atoms with van der Waals surface area (Å²) < 4.78 is 2.56. The Morgan fingerprint density at radius 1 is 0.719 bits per heavy atom. The monoisotopic (exact) mass is 417 g/mol. The molecule has 0 aliphatic carbocycles. The molecule has 1 aromatic heterocycles. The standard InChI is InChI=1S/C30H32BN/c1-17-18(2)32-26-16-20(30(6,7)8)15-23-22-14-19(29(3,4)5)12-13-24(22)31(27(23)26)25-11-9-10-21(17)28(25)32/h9-16H,1-8H3. The largest absolute Gasteiger partial charge is 0.315 e. The lowest BCUT2D eigenvalue weighted by Crippen LogP contribution is -2.53. The number of hydrogen-bond donors (Lipinski definition) is 0. The molecular formula is C30H32BN. The summed E-state index contributed by atoms with van der Waals surface area (Å²) in [5.74, 6) is 0. The highest BCUT2D eigenvalue weighted by Crippen LogP contribution is 2.39. The molecule has 3 aromatic carbocycles. The van der Waals surface area contributed by atoms with Gasteiger partial charge in [-0.2, -0.15) is 0 Å². The Morgan fingerprint density at radius 3 is 2.09 bits per heavy atom. The van der Waals surface area contributed by atoms with Gasteiger partial charge in [-0.15, -0.1) is 0 Å². The van der Waals surface area contributed by atoms with E-state index < -0.39 is 0 Å². The maximum Gasteiger partial charge on any atom is 0.248 e. The van der Waals surface area contributed by atoms with E-state index in [1.165, 1.54) is 66.5 Å². The highest BCUT2D eigenvalue weighted by Gasteiger charge is 2.42. The van der Waals surface area contributed by atoms with E-state index in [4.69, 9.17) is 0 Å². The molecule has 2 aliphatic heterocycles. The molecular weight excluding hydrogens is 385 g/mol. The Hall–Kier alpha value is -2.74. The van der Waals surface area contributed by atoms with Gasteiger partial charge in [0.05, 0.1) is 0 Å². The van der Waals surface area contributed by atoms with Crippen LogP contribution in [0.5, 0.6) is 0 Å². The zero-order valence-electron chi connectivity index (χ0n) is 20.6. The number of fused-ring (bicyclic) bond motifs is 5. The number of aryl methyl sites for hydroxylation is 1. The first-order chi connectivity index (χ1) is 15.0. The first-order valence-corrected chi connectivity index (χ1v) is 11.9. The second-order valence-corrected chi connectivity index (χ2v) is 12.0. The molecule has 0 saturated carbocycles. The van der Waals surface area contributed by atoms with Crippen molar-refractivity contribution in [3.8, 4) is 16.8 Å². The minimum atomic E-state index is 0.0948. The van der Waals surface area contributed by atoms with E-state index in [1.54, 1.807) is 0 Å². The third-order valence-corrected chi connectivity index (χ3v) is 7.96. The Bertz CT molecular complexity index is 1450. The van der Waals surface area contributed by atoms with Crippen LogP contribution in [0.1, 0.15) is 63.9 Å². The van der Waals surface area contributed by atoms with Crippen molar-refractivity contribution in [3.63, 3.8) is 0 Å². The molecule has 32 heavy (non-hydrogen) atoms. The van der Waals surface area contributed by atoms with Gasteiger partial charge in [-0.3, -0.25) is 0 Å². The average Bonchev–Trinajstić information content (AvgIpc) is 3.19. The van der Waals surface area contributed by atoms with Crippen molar-refractivity contribution in [2.75, 3.05) is 0 Å². The zero-order valence-corrected chi connectivity index (χ0v) is 20.6. The van der Waals surface area contributed by atoms with Crippen molar-refractivity contribution < 1.29 is 0 Å². The number of nitrogens with zero attached hydrogens (tertiary/aromatic N) is 1. The van der Waals surface area contributed by atoms with Crippen molar-refractivity contribution in [1.82, 2.24) is 4.57 Å². The molecule has 6 rings (SSSR count). The van der Waals surface area contributed by atoms with Gasteiger partial charge in [0.1, 0.15) is 0 Å². The highest BCUT2D eigenvalue weighted by atomic mass is 15.0. The molecule has 160 valence electrons. The van der Waals surface area contributed by atoms with Crippen LogP contribution >= 0.6 is 0 Å². The van der Waals surface area contributed by atoms with Crippen LogP contribution in [0.2, 0.25) is 0 Å². The van der Waals surface area contributed by atoms with Gasteiger partial charge in [-0.25, -0.2) is 0 Å². The van der Waals surface area contributed by atoms with Gasteiger partial charge in [0.2, 0.25) is 6.71 Å². The first-order valence-electron chi connectivity index (χ1n) is 11.9. The molecule has 3 heterocycles. The Kier molecular flexibility index (Phi) is 3.72. The highest BCUT2D eigenvalue weighted by molar-refractivity contribution is 7.01. The number of rotatable bonds is 0. The van der Waals surface area contributed by atoms with Gasteiger partial charge in [-0.05, 0) is 69.5 Å². The van der Waals surface area contributed by atoms with E-state index >= 15 is 0 Å². The van der Waals surface area contributed by atoms with Crippen molar-refractivity contribution in [3.05, 3.63) is 70.9 Å². The summed E-state index contributed by atoms with van der Waals surface area (Å²) in [4.78, 5) is 0. The Labute approximate surface area is 192 Å². The Morgan fingerprint density at radius 2 is 1.41 bits per heavy atom. The van der Waals surface area contributed by atoms with Crippen LogP contribution in [-0.4, -0.2) is 11.3 Å². The maximum absolute atomic E-state index is 2.56. The summed E-state index contributed by atoms with van der Waals surface area (Å²) in [7, 11) is 0. The summed E-state index contributed by atoms with van der Waals surface area (Å²) in [6.07, 6.45) is 0. The van der Waals surface area contributed by atoms with Gasteiger partial charge in [0.15, 0.2) is 0 Å². The molecule has 2 aliphatic rings. The fourth-order valence-corrected chi connectivity index (χ4v) is 5.95. The molecule has 0 radical (unpaired) electrons. The van der Waals surface area contributed by atoms with Gasteiger partial charge in [0.25, 0.3) is 0 Å². The second kappa shape index (κ2) is 5.98. The van der Waals surface area contributed by atoms with Crippen molar-refractivity contribution in [1.29, 1.82) is 0 Å². The Balaban J connectivity index is 1.80. The van der Waals surface area contributed by atoms with Crippen molar-refractivity contribution in [2.24, 2.45) is 0 Å². The summed E-state index contributed by atoms with van der Waals surface area (Å²) in [6, 6.07) is 19.1. The third-order valence-electron chi connectivity index (χ3n) is 7.96. The van der Waals surface area contributed by atoms with E-state index in [9.17, 15) is 0 Å². The van der Waals surface area contributed by atoms with Crippen LogP contribution in [-0.2, 0) is 10.8 Å². The van der Waals surface area contributed by atoms with Gasteiger partial charge in [-0.1, -0.05) is 89.5 Å². The maximum atomic E-state index is 2.56. The van der Waals surface area contributed by atoms with Gasteiger partial charge < -0.3 is 4.57 Å². The van der Waals surface area contributed by atoms with E-state index in [0.29, 0.717) is 6.71 Å². The van der Waals surface area contributed by atoms with Crippen molar-refractivity contribution in [2.45, 2.75) is 66.2 Å². The minimum Gasteiger partial charge on any atom is -0.315 e. The summed E-state index contributed by atoms with van der Waals surface area (Å²) >= 11 is 0. The molecule has 0 spiro atoms. The fraction of sp³-hybridized carbons (Fsp3) is 0.333. The van der Waals surface area contributed by atoms with Crippen LogP contribution in [0.25, 0.3) is 27.7 Å². The molecule has 0 bridgehead atoms. The molecule has 0 atom stereocenters. The average molecular weight is 417 g/mol. The van der Waals surface area contributed by atoms with Crippen LogP contribution in [0, 0.1) is 13.8 Å². The predicted molar refractivity (Wildman–Crippen MR) is 140 cm³/mol. The lowest BCUT2D eigenvalue weighted by Gasteiger charge is -2.28. The zero-order chi connectivity index (χ0) is 22.7. The van der Waals surface area contributed by atoms with E-state index in [0.717, 1.165) is 0 Å². The van der Waals surface area contributed by atoms with Crippen LogP contribution in [0.4, 0.5) is 0 Å². The van der Waals surface area contributed by atoms with E-state index in [1.807, 2.05) is 0 Å². The number of aromatic nitrogens is 1. The molecule has 0 fully saturated rings. The summed E-state index contributed by atoms with van der Waals surface area (Å²) in [5, 5.41) is 1.40. The topological polar surface area (TPSA) is 4.93 Å². The third kappa shape index (κ3) is 2.41. The predicted octanol–water partition coefficient (Wildman–Crippen LogP) is 5.65. The van der Waals surface area contributed by atoms with E-state index in [-0.39, 0.29) is 10.8 Å². The quantitative estimate of drug-likeness (QED) is 0.282. The van der Waals surface area contributed by atoms with Gasteiger partial charge >= 0.3 is 0 Å². The SMILES string of the molecule is Cc1c(C)n2c3c(cccc13)B1c3ccc(C(C)(C)C)cc3-c3cc(C(C)(C)C)cc-2c31. The van der Waals surface area contributed by atoms with E-state index in [2.05, 4.69) is 108 Å². The first kappa shape index (κ1) is 19.9. The summed E-state index contributed by atoms with van der Waals surface area (Å²) in [5.41, 5.74) is 15.9. The molecule has 0 saturated heterocycles. The van der Waals surface area contributed by atoms with Crippen LogP contribution < -0.4 is 16.4 Å². The normalized spacial score (nSPS) is 14.2. The van der Waals surface area contributed by atoms with Crippen LogP contribution in [0.15, 0.2) is 48.5 Å². The minimum absolute atomic E-state index is 0.0948. The molecule has 4 aromatic rings.